The number of carbonyl (C=O) groups is 2. The Kier molecular flexibility index (Phi) is 7.66. The molecule has 0 bridgehead atoms. The highest BCUT2D eigenvalue weighted by Crippen LogP contribution is 2.33. The maximum absolute atomic E-state index is 14.3. The smallest absolute Gasteiger partial charge is 0.256 e. The van der Waals surface area contributed by atoms with Crippen molar-refractivity contribution in [2.24, 2.45) is 10.9 Å². The second-order valence-corrected chi connectivity index (χ2v) is 10.0. The fraction of sp³-hybridized carbons (Fsp3) is 0.333. The summed E-state index contributed by atoms with van der Waals surface area (Å²) in [6.07, 6.45) is 9.69. The van der Waals surface area contributed by atoms with Gasteiger partial charge in [0.15, 0.2) is 5.78 Å². The highest BCUT2D eigenvalue weighted by molar-refractivity contribution is 6.17. The van der Waals surface area contributed by atoms with Crippen molar-refractivity contribution >= 4 is 17.5 Å². The summed E-state index contributed by atoms with van der Waals surface area (Å²) in [4.78, 5) is 42.8. The molecule has 5 rings (SSSR count). The quantitative estimate of drug-likeness (QED) is 0.446. The fourth-order valence-electron chi connectivity index (χ4n) is 5.32. The average Bonchev–Trinajstić information content (AvgIpc) is 3.19. The minimum atomic E-state index is -1.06. The lowest BCUT2D eigenvalue weighted by Crippen LogP contribution is -2.48. The Balaban J connectivity index is 1.51. The van der Waals surface area contributed by atoms with Crippen LogP contribution < -0.4 is 5.32 Å². The van der Waals surface area contributed by atoms with Crippen LogP contribution in [0.25, 0.3) is 0 Å². The lowest BCUT2D eigenvalue weighted by molar-refractivity contribution is -0.131. The van der Waals surface area contributed by atoms with Gasteiger partial charge in [0.05, 0.1) is 18.1 Å². The Morgan fingerprint density at radius 3 is 2.08 bits per heavy atom. The van der Waals surface area contributed by atoms with Crippen molar-refractivity contribution in [1.82, 2.24) is 20.2 Å². The van der Waals surface area contributed by atoms with Crippen molar-refractivity contribution in [2.45, 2.75) is 37.6 Å². The molecular formula is C30H30N6O2. The van der Waals surface area contributed by atoms with Crippen LogP contribution in [0.2, 0.25) is 0 Å². The zero-order valence-corrected chi connectivity index (χ0v) is 21.2. The number of Topliss-reactive ketones (excluding diaryl/α,β-unsaturated/α-hetero) is 1. The lowest BCUT2D eigenvalue weighted by Gasteiger charge is -2.31. The Bertz CT molecular complexity index is 1300. The molecule has 1 amide bonds. The van der Waals surface area contributed by atoms with E-state index in [0.717, 1.165) is 37.1 Å². The second-order valence-electron chi connectivity index (χ2n) is 10.0. The molecule has 0 saturated carbocycles. The maximum atomic E-state index is 14.3. The molecule has 2 aliphatic heterocycles. The molecule has 8 heteroatoms. The Labute approximate surface area is 222 Å². The van der Waals surface area contributed by atoms with E-state index in [2.05, 4.69) is 21.4 Å². The predicted octanol–water partition coefficient (Wildman–Crippen LogP) is 3.39. The number of nitrogens with zero attached hydrogens (tertiary/aromatic N) is 5. The number of carbonyl (C=O) groups excluding carboxylic acids is 2. The van der Waals surface area contributed by atoms with Crippen LogP contribution in [-0.4, -0.2) is 57.6 Å². The van der Waals surface area contributed by atoms with Crippen LogP contribution in [0.3, 0.4) is 0 Å². The first-order valence-corrected chi connectivity index (χ1v) is 13.0. The van der Waals surface area contributed by atoms with E-state index < -0.39 is 5.54 Å². The van der Waals surface area contributed by atoms with Crippen molar-refractivity contribution in [2.75, 3.05) is 19.6 Å². The summed E-state index contributed by atoms with van der Waals surface area (Å²) in [6, 6.07) is 16.3. The minimum absolute atomic E-state index is 0.0249. The van der Waals surface area contributed by atoms with Crippen LogP contribution in [0.15, 0.2) is 78.3 Å². The van der Waals surface area contributed by atoms with Crippen LogP contribution in [0.4, 0.5) is 0 Å². The number of ketones is 1. The molecule has 0 spiro atoms. The standard InChI is InChI=1S/C30H30N6O2/c31-20-24-1-3-26(4-2-24)27(37)17-28-35-30(18-22-5-11-32-12-6-22,19-23-7-13-33-14-8-23)29(38)36(28)21-25-9-15-34-16-10-25/h1-8,11-14,25,34H,9-10,15-19,21H2. The van der Waals surface area contributed by atoms with Gasteiger partial charge in [-0.25, -0.2) is 0 Å². The van der Waals surface area contributed by atoms with Gasteiger partial charge in [-0.3, -0.25) is 29.4 Å². The van der Waals surface area contributed by atoms with Gasteiger partial charge >= 0.3 is 0 Å². The molecule has 0 atom stereocenters. The van der Waals surface area contributed by atoms with Gasteiger partial charge in [-0.1, -0.05) is 12.1 Å². The molecule has 1 fully saturated rings. The molecule has 38 heavy (non-hydrogen) atoms. The molecule has 1 N–H and O–H groups in total. The highest BCUT2D eigenvalue weighted by atomic mass is 16.2. The van der Waals surface area contributed by atoms with E-state index in [1.54, 1.807) is 54.0 Å². The Morgan fingerprint density at radius 2 is 1.53 bits per heavy atom. The SMILES string of the molecule is N#Cc1ccc(C(=O)CC2=NC(Cc3ccncc3)(Cc3ccncc3)C(=O)N2CC2CCNCC2)cc1. The van der Waals surface area contributed by atoms with Crippen molar-refractivity contribution in [3.05, 3.63) is 95.6 Å². The average molecular weight is 507 g/mol. The predicted molar refractivity (Wildman–Crippen MR) is 143 cm³/mol. The van der Waals surface area contributed by atoms with Gasteiger partial charge in [0, 0.05) is 49.7 Å². The number of amides is 1. The Hall–Kier alpha value is -4.22. The summed E-state index contributed by atoms with van der Waals surface area (Å²) in [7, 11) is 0. The summed E-state index contributed by atoms with van der Waals surface area (Å²) < 4.78 is 0. The zero-order valence-electron chi connectivity index (χ0n) is 21.2. The fourth-order valence-corrected chi connectivity index (χ4v) is 5.32. The van der Waals surface area contributed by atoms with Crippen molar-refractivity contribution < 1.29 is 9.59 Å². The van der Waals surface area contributed by atoms with Gasteiger partial charge in [-0.15, -0.1) is 0 Å². The largest absolute Gasteiger partial charge is 0.317 e. The first kappa shape index (κ1) is 25.4. The number of aliphatic imine (C=N–C) groups is 1. The number of pyridine rings is 2. The number of piperidine rings is 1. The molecule has 0 unspecified atom stereocenters. The topological polar surface area (TPSA) is 111 Å². The highest BCUT2D eigenvalue weighted by Gasteiger charge is 2.49. The van der Waals surface area contributed by atoms with Crippen molar-refractivity contribution in [3.8, 4) is 6.07 Å². The lowest BCUT2D eigenvalue weighted by atomic mass is 9.85. The molecule has 0 aliphatic carbocycles. The molecule has 1 aromatic carbocycles. The third kappa shape index (κ3) is 5.68. The van der Waals surface area contributed by atoms with Gasteiger partial charge in [0.1, 0.15) is 11.4 Å². The van der Waals surface area contributed by atoms with Crippen LogP contribution >= 0.6 is 0 Å². The molecule has 0 radical (unpaired) electrons. The number of nitrogens with one attached hydrogen (secondary N) is 1. The molecule has 2 aromatic heterocycles. The van der Waals surface area contributed by atoms with Crippen molar-refractivity contribution in [1.29, 1.82) is 5.26 Å². The van der Waals surface area contributed by atoms with Gasteiger partial charge in [-0.05, 0) is 79.4 Å². The molecule has 3 aromatic rings. The van der Waals surface area contributed by atoms with E-state index in [-0.39, 0.29) is 18.1 Å². The minimum Gasteiger partial charge on any atom is -0.317 e. The molecular weight excluding hydrogens is 476 g/mol. The number of aromatic nitrogens is 2. The van der Waals surface area contributed by atoms with E-state index in [1.807, 2.05) is 24.3 Å². The van der Waals surface area contributed by atoms with E-state index in [1.165, 1.54) is 0 Å². The van der Waals surface area contributed by atoms with Crippen LogP contribution in [0.5, 0.6) is 0 Å². The van der Waals surface area contributed by atoms with Crippen LogP contribution in [-0.2, 0) is 17.6 Å². The first-order valence-electron chi connectivity index (χ1n) is 13.0. The summed E-state index contributed by atoms with van der Waals surface area (Å²) >= 11 is 0. The molecule has 1 saturated heterocycles. The summed E-state index contributed by atoms with van der Waals surface area (Å²) in [5.74, 6) is 0.673. The molecule has 4 heterocycles. The summed E-state index contributed by atoms with van der Waals surface area (Å²) in [5, 5.41) is 12.5. The number of hydrogen-bond donors (Lipinski definition) is 1. The maximum Gasteiger partial charge on any atom is 0.256 e. The third-order valence-electron chi connectivity index (χ3n) is 7.34. The number of nitriles is 1. The monoisotopic (exact) mass is 506 g/mol. The van der Waals surface area contributed by atoms with E-state index in [0.29, 0.717) is 42.3 Å². The van der Waals surface area contributed by atoms with Gasteiger partial charge in [-0.2, -0.15) is 5.26 Å². The van der Waals surface area contributed by atoms with Crippen LogP contribution in [0, 0.1) is 17.2 Å². The van der Waals surface area contributed by atoms with Crippen LogP contribution in [0.1, 0.15) is 46.3 Å². The van der Waals surface area contributed by atoms with Crippen molar-refractivity contribution in [3.63, 3.8) is 0 Å². The molecule has 8 nitrogen and oxygen atoms in total. The van der Waals surface area contributed by atoms with Gasteiger partial charge in [0.2, 0.25) is 0 Å². The third-order valence-corrected chi connectivity index (χ3v) is 7.34. The second kappa shape index (κ2) is 11.4. The van der Waals surface area contributed by atoms with Gasteiger partial charge < -0.3 is 5.32 Å². The number of hydrogen-bond acceptors (Lipinski definition) is 7. The zero-order chi connectivity index (χ0) is 26.4. The van der Waals surface area contributed by atoms with Gasteiger partial charge in [0.25, 0.3) is 5.91 Å². The number of benzene rings is 1. The molecule has 2 aliphatic rings. The molecule has 192 valence electrons. The first-order chi connectivity index (χ1) is 18.6. The van der Waals surface area contributed by atoms with E-state index in [4.69, 9.17) is 10.3 Å². The Morgan fingerprint density at radius 1 is 0.947 bits per heavy atom. The normalized spacial score (nSPS) is 17.2. The number of rotatable bonds is 9. The van der Waals surface area contributed by atoms with E-state index >= 15 is 0 Å². The number of amidine groups is 1. The summed E-state index contributed by atoms with van der Waals surface area (Å²) in [6.45, 7) is 2.39. The summed E-state index contributed by atoms with van der Waals surface area (Å²) in [5.41, 5.74) is 1.87. The van der Waals surface area contributed by atoms with E-state index in [9.17, 15) is 9.59 Å².